The van der Waals surface area contributed by atoms with Gasteiger partial charge in [0.05, 0.1) is 7.11 Å². The number of ether oxygens (including phenoxy) is 1. The molecule has 1 aromatic carbocycles. The second-order valence-corrected chi connectivity index (χ2v) is 7.29. The van der Waals surface area contributed by atoms with Gasteiger partial charge in [-0.2, -0.15) is 5.10 Å². The van der Waals surface area contributed by atoms with Gasteiger partial charge in [0, 0.05) is 48.0 Å². The smallest absolute Gasteiger partial charge is 0.272 e. The molecule has 0 aliphatic carbocycles. The molecule has 0 saturated heterocycles. The highest BCUT2D eigenvalue weighted by molar-refractivity contribution is 7.99. The summed E-state index contributed by atoms with van der Waals surface area (Å²) in [6.07, 6.45) is 0.890. The molecule has 134 valence electrons. The summed E-state index contributed by atoms with van der Waals surface area (Å²) in [5, 5.41) is 13.5. The van der Waals surface area contributed by atoms with E-state index in [9.17, 15) is 4.79 Å². The highest BCUT2D eigenvalue weighted by Gasteiger charge is 2.21. The quantitative estimate of drug-likeness (QED) is 0.660. The number of nitrogens with zero attached hydrogens (tertiary/aromatic N) is 1. The van der Waals surface area contributed by atoms with Crippen molar-refractivity contribution < 1.29 is 9.53 Å². The number of aromatic amines is 1. The van der Waals surface area contributed by atoms with Crippen molar-refractivity contribution in [1.29, 1.82) is 0 Å². The number of hydrogen-bond acceptors (Lipinski definition) is 5. The van der Waals surface area contributed by atoms with E-state index in [0.717, 1.165) is 40.6 Å². The molecule has 0 bridgehead atoms. The molecule has 2 aromatic rings. The van der Waals surface area contributed by atoms with Crippen LogP contribution in [0.5, 0.6) is 5.75 Å². The van der Waals surface area contributed by atoms with Crippen LogP contribution < -0.4 is 15.4 Å². The van der Waals surface area contributed by atoms with E-state index in [1.54, 1.807) is 18.9 Å². The summed E-state index contributed by atoms with van der Waals surface area (Å²) in [7, 11) is 1.68. The van der Waals surface area contributed by atoms with Crippen molar-refractivity contribution in [2.24, 2.45) is 5.92 Å². The van der Waals surface area contributed by atoms with E-state index in [0.29, 0.717) is 24.7 Å². The van der Waals surface area contributed by atoms with Crippen molar-refractivity contribution in [2.45, 2.75) is 24.8 Å². The topological polar surface area (TPSA) is 79.0 Å². The van der Waals surface area contributed by atoms with Gasteiger partial charge in [-0.1, -0.05) is 19.1 Å². The second-order valence-electron chi connectivity index (χ2n) is 6.23. The first kappa shape index (κ1) is 17.8. The van der Waals surface area contributed by atoms with E-state index in [4.69, 9.17) is 4.74 Å². The Hall–Kier alpha value is -1.99. The van der Waals surface area contributed by atoms with Crippen LogP contribution in [0.3, 0.4) is 0 Å². The third-order valence-electron chi connectivity index (χ3n) is 4.22. The van der Waals surface area contributed by atoms with Gasteiger partial charge in [0.1, 0.15) is 5.75 Å². The van der Waals surface area contributed by atoms with E-state index in [1.165, 1.54) is 0 Å². The van der Waals surface area contributed by atoms with Crippen LogP contribution in [0.15, 0.2) is 29.2 Å². The van der Waals surface area contributed by atoms with Crippen molar-refractivity contribution >= 4 is 17.7 Å². The minimum atomic E-state index is -0.102. The zero-order chi connectivity index (χ0) is 17.6. The molecular weight excluding hydrogens is 336 g/mol. The Bertz CT molecular complexity index is 732. The number of para-hydroxylation sites is 1. The van der Waals surface area contributed by atoms with Crippen LogP contribution in [-0.4, -0.2) is 42.1 Å². The highest BCUT2D eigenvalue weighted by Crippen LogP contribution is 2.29. The van der Waals surface area contributed by atoms with Crippen molar-refractivity contribution in [1.82, 2.24) is 20.8 Å². The Morgan fingerprint density at radius 1 is 1.44 bits per heavy atom. The van der Waals surface area contributed by atoms with Crippen LogP contribution in [0.25, 0.3) is 0 Å². The summed E-state index contributed by atoms with van der Waals surface area (Å²) in [5.74, 6) is 2.03. The average molecular weight is 360 g/mol. The fourth-order valence-corrected chi connectivity index (χ4v) is 3.84. The maximum atomic E-state index is 12.4. The third kappa shape index (κ3) is 4.35. The Balaban J connectivity index is 1.49. The molecule has 25 heavy (non-hydrogen) atoms. The van der Waals surface area contributed by atoms with Gasteiger partial charge in [0.15, 0.2) is 5.69 Å². The fraction of sp³-hybridized carbons (Fsp3) is 0.444. The Morgan fingerprint density at radius 3 is 3.12 bits per heavy atom. The minimum absolute atomic E-state index is 0.102. The van der Waals surface area contributed by atoms with Gasteiger partial charge >= 0.3 is 0 Å². The van der Waals surface area contributed by atoms with Crippen LogP contribution in [0.4, 0.5) is 0 Å². The van der Waals surface area contributed by atoms with Crippen LogP contribution in [-0.2, 0) is 13.0 Å². The highest BCUT2D eigenvalue weighted by atomic mass is 32.2. The number of amides is 1. The summed E-state index contributed by atoms with van der Waals surface area (Å²) in [5.41, 5.74) is 2.59. The lowest BCUT2D eigenvalue weighted by molar-refractivity contribution is 0.0943. The van der Waals surface area contributed by atoms with Gasteiger partial charge in [-0.3, -0.25) is 9.89 Å². The molecule has 0 spiro atoms. The van der Waals surface area contributed by atoms with E-state index in [-0.39, 0.29) is 5.91 Å². The second kappa shape index (κ2) is 8.40. The lowest BCUT2D eigenvalue weighted by Crippen LogP contribution is -2.31. The summed E-state index contributed by atoms with van der Waals surface area (Å²) >= 11 is 1.74. The maximum Gasteiger partial charge on any atom is 0.272 e. The van der Waals surface area contributed by atoms with E-state index in [1.807, 2.05) is 18.2 Å². The Kier molecular flexibility index (Phi) is 5.99. The van der Waals surface area contributed by atoms with Gasteiger partial charge in [0.2, 0.25) is 0 Å². The third-order valence-corrected chi connectivity index (χ3v) is 5.61. The van der Waals surface area contributed by atoms with Gasteiger partial charge in [-0.05, 0) is 18.1 Å². The molecule has 1 atom stereocenters. The number of H-pyrrole nitrogens is 1. The van der Waals surface area contributed by atoms with E-state index >= 15 is 0 Å². The average Bonchev–Trinajstić information content (AvgIpc) is 3.09. The number of nitrogens with one attached hydrogen (secondary N) is 3. The molecule has 6 nitrogen and oxygen atoms in total. The standard InChI is InChI=1S/C18H24N4O2S/c1-12(11-25-16-6-4-3-5-15(16)24-2)9-20-18(23)17-13-10-19-8-7-14(13)21-22-17/h3-6,12,19H,7-11H2,1-2H3,(H,20,23)(H,21,22). The van der Waals surface area contributed by atoms with Gasteiger partial charge in [0.25, 0.3) is 5.91 Å². The molecule has 1 unspecified atom stereocenters. The summed E-state index contributed by atoms with van der Waals surface area (Å²) in [6.45, 7) is 4.38. The SMILES string of the molecule is COc1ccccc1SCC(C)CNC(=O)c1n[nH]c2c1CNCC2. The van der Waals surface area contributed by atoms with Gasteiger partial charge in [-0.25, -0.2) is 0 Å². The van der Waals surface area contributed by atoms with Crippen molar-refractivity contribution in [3.63, 3.8) is 0 Å². The van der Waals surface area contributed by atoms with E-state index < -0.39 is 0 Å². The Morgan fingerprint density at radius 2 is 2.28 bits per heavy atom. The summed E-state index contributed by atoms with van der Waals surface area (Å²) in [4.78, 5) is 13.5. The lowest BCUT2D eigenvalue weighted by Gasteiger charge is -2.15. The molecule has 1 aliphatic rings. The molecule has 0 radical (unpaired) electrons. The molecule has 1 aromatic heterocycles. The van der Waals surface area contributed by atoms with Crippen LogP contribution in [0.1, 0.15) is 28.7 Å². The number of hydrogen-bond donors (Lipinski definition) is 3. The van der Waals surface area contributed by atoms with Crippen molar-refractivity contribution in [3.05, 3.63) is 41.2 Å². The predicted octanol–water partition coefficient (Wildman–Crippen LogP) is 2.22. The number of carbonyl (C=O) groups excluding carboxylic acids is 1. The molecule has 1 aliphatic heterocycles. The molecular formula is C18H24N4O2S. The van der Waals surface area contributed by atoms with Crippen molar-refractivity contribution in [3.8, 4) is 5.75 Å². The summed E-state index contributed by atoms with van der Waals surface area (Å²) in [6, 6.07) is 7.99. The number of benzene rings is 1. The molecule has 3 rings (SSSR count). The van der Waals surface area contributed by atoms with Crippen LogP contribution >= 0.6 is 11.8 Å². The minimum Gasteiger partial charge on any atom is -0.496 e. The molecule has 0 fully saturated rings. The number of methoxy groups -OCH3 is 1. The number of carbonyl (C=O) groups is 1. The van der Waals surface area contributed by atoms with E-state index in [2.05, 4.69) is 33.8 Å². The number of thioether (sulfide) groups is 1. The number of rotatable bonds is 7. The molecule has 0 saturated carbocycles. The Labute approximate surface area is 152 Å². The molecule has 3 N–H and O–H groups in total. The maximum absolute atomic E-state index is 12.4. The first-order valence-electron chi connectivity index (χ1n) is 8.50. The molecule has 7 heteroatoms. The first-order valence-corrected chi connectivity index (χ1v) is 9.48. The fourth-order valence-electron chi connectivity index (χ4n) is 2.79. The molecule has 2 heterocycles. The first-order chi connectivity index (χ1) is 12.2. The normalized spacial score (nSPS) is 14.6. The van der Waals surface area contributed by atoms with Crippen LogP contribution in [0.2, 0.25) is 0 Å². The zero-order valence-electron chi connectivity index (χ0n) is 14.6. The van der Waals surface area contributed by atoms with Crippen LogP contribution in [0, 0.1) is 5.92 Å². The van der Waals surface area contributed by atoms with Gasteiger partial charge < -0.3 is 15.4 Å². The van der Waals surface area contributed by atoms with Crippen molar-refractivity contribution in [2.75, 3.05) is 26.0 Å². The summed E-state index contributed by atoms with van der Waals surface area (Å²) < 4.78 is 5.37. The zero-order valence-corrected chi connectivity index (χ0v) is 15.4. The lowest BCUT2D eigenvalue weighted by atomic mass is 10.1. The molecule has 1 amide bonds. The number of fused-ring (bicyclic) bond motifs is 1. The monoisotopic (exact) mass is 360 g/mol. The largest absolute Gasteiger partial charge is 0.496 e. The van der Waals surface area contributed by atoms with Gasteiger partial charge in [-0.15, -0.1) is 11.8 Å². The predicted molar refractivity (Wildman–Crippen MR) is 99.2 cm³/mol. The number of aromatic nitrogens is 2.